The van der Waals surface area contributed by atoms with Gasteiger partial charge in [0.15, 0.2) is 0 Å². The van der Waals surface area contributed by atoms with E-state index in [1.54, 1.807) is 0 Å². The Morgan fingerprint density at radius 2 is 2.06 bits per heavy atom. The van der Waals surface area contributed by atoms with Crippen molar-refractivity contribution in [1.29, 1.82) is 0 Å². The smallest absolute Gasteiger partial charge is 0.0827 e. The van der Waals surface area contributed by atoms with Crippen LogP contribution in [0.25, 0.3) is 0 Å². The molecule has 0 spiro atoms. The van der Waals surface area contributed by atoms with Crippen LogP contribution in [0.5, 0.6) is 0 Å². The van der Waals surface area contributed by atoms with Crippen molar-refractivity contribution >= 4 is 0 Å². The summed E-state index contributed by atoms with van der Waals surface area (Å²) in [6, 6.07) is 9.80. The Labute approximate surface area is 109 Å². The number of likely N-dealkylation sites (tertiary alicyclic amines) is 1. The van der Waals surface area contributed by atoms with Crippen molar-refractivity contribution in [2.75, 3.05) is 19.6 Å². The molecule has 0 aromatic heterocycles. The number of aliphatic hydroxyl groups excluding tert-OH is 2. The number of piperidine rings is 1. The second-order valence-corrected chi connectivity index (χ2v) is 5.39. The minimum absolute atomic E-state index is 0.178. The molecule has 1 aliphatic rings. The molecule has 18 heavy (non-hydrogen) atoms. The Bertz CT molecular complexity index is 355. The van der Waals surface area contributed by atoms with Crippen molar-refractivity contribution in [3.8, 4) is 0 Å². The number of benzene rings is 1. The lowest BCUT2D eigenvalue weighted by molar-refractivity contribution is 0.0379. The third-order valence-corrected chi connectivity index (χ3v) is 3.71. The van der Waals surface area contributed by atoms with Gasteiger partial charge >= 0.3 is 0 Å². The van der Waals surface area contributed by atoms with Gasteiger partial charge in [-0.2, -0.15) is 0 Å². The minimum Gasteiger partial charge on any atom is -0.392 e. The van der Waals surface area contributed by atoms with Gasteiger partial charge in [-0.1, -0.05) is 37.3 Å². The zero-order valence-electron chi connectivity index (χ0n) is 11.0. The Balaban J connectivity index is 1.89. The molecule has 0 amide bonds. The second kappa shape index (κ2) is 6.32. The van der Waals surface area contributed by atoms with Gasteiger partial charge in [0, 0.05) is 13.1 Å². The first kappa shape index (κ1) is 13.5. The van der Waals surface area contributed by atoms with E-state index in [1.165, 1.54) is 0 Å². The third-order valence-electron chi connectivity index (χ3n) is 3.71. The summed E-state index contributed by atoms with van der Waals surface area (Å²) < 4.78 is 0. The molecule has 3 heteroatoms. The SMILES string of the molecule is CC(CN1CCCC(O)C1)C(O)c1ccccc1. The van der Waals surface area contributed by atoms with Crippen LogP contribution in [0.2, 0.25) is 0 Å². The van der Waals surface area contributed by atoms with Crippen molar-refractivity contribution < 1.29 is 10.2 Å². The highest BCUT2D eigenvalue weighted by Crippen LogP contribution is 2.23. The molecule has 0 radical (unpaired) electrons. The third kappa shape index (κ3) is 3.55. The lowest BCUT2D eigenvalue weighted by Crippen LogP contribution is -2.41. The van der Waals surface area contributed by atoms with Crippen molar-refractivity contribution in [3.63, 3.8) is 0 Å². The van der Waals surface area contributed by atoms with E-state index >= 15 is 0 Å². The number of aliphatic hydroxyl groups is 2. The molecule has 2 rings (SSSR count). The molecule has 1 aliphatic heterocycles. The van der Waals surface area contributed by atoms with E-state index in [1.807, 2.05) is 30.3 Å². The molecule has 3 unspecified atom stereocenters. The first-order chi connectivity index (χ1) is 8.66. The van der Waals surface area contributed by atoms with E-state index in [-0.39, 0.29) is 12.0 Å². The molecule has 1 fully saturated rings. The Hall–Kier alpha value is -0.900. The Morgan fingerprint density at radius 1 is 1.33 bits per heavy atom. The number of hydrogen-bond acceptors (Lipinski definition) is 3. The van der Waals surface area contributed by atoms with Crippen LogP contribution < -0.4 is 0 Å². The van der Waals surface area contributed by atoms with E-state index < -0.39 is 6.10 Å². The van der Waals surface area contributed by atoms with Crippen LogP contribution in [0.3, 0.4) is 0 Å². The van der Waals surface area contributed by atoms with Crippen LogP contribution in [-0.4, -0.2) is 40.9 Å². The van der Waals surface area contributed by atoms with Gasteiger partial charge in [0.05, 0.1) is 12.2 Å². The lowest BCUT2D eigenvalue weighted by atomic mass is 9.96. The maximum absolute atomic E-state index is 10.3. The van der Waals surface area contributed by atoms with E-state index in [2.05, 4.69) is 11.8 Å². The molecule has 1 heterocycles. The van der Waals surface area contributed by atoms with Gasteiger partial charge in [0.25, 0.3) is 0 Å². The molecule has 0 bridgehead atoms. The van der Waals surface area contributed by atoms with Crippen LogP contribution in [0, 0.1) is 5.92 Å². The molecular formula is C15H23NO2. The van der Waals surface area contributed by atoms with Crippen molar-refractivity contribution in [3.05, 3.63) is 35.9 Å². The fraction of sp³-hybridized carbons (Fsp3) is 0.600. The quantitative estimate of drug-likeness (QED) is 0.855. The van der Waals surface area contributed by atoms with Gasteiger partial charge in [0.1, 0.15) is 0 Å². The molecule has 1 aromatic rings. The minimum atomic E-state index is -0.426. The van der Waals surface area contributed by atoms with Gasteiger partial charge in [-0.05, 0) is 30.9 Å². The van der Waals surface area contributed by atoms with Gasteiger partial charge in [-0.15, -0.1) is 0 Å². The highest BCUT2D eigenvalue weighted by molar-refractivity contribution is 5.17. The fourth-order valence-electron chi connectivity index (χ4n) is 2.68. The number of hydrogen-bond donors (Lipinski definition) is 2. The van der Waals surface area contributed by atoms with E-state index in [9.17, 15) is 10.2 Å². The van der Waals surface area contributed by atoms with Crippen LogP contribution in [-0.2, 0) is 0 Å². The van der Waals surface area contributed by atoms with E-state index in [4.69, 9.17) is 0 Å². The number of β-amino-alcohol motifs (C(OH)–C–C–N with tert-alkyl or cyclic N) is 1. The summed E-state index contributed by atoms with van der Waals surface area (Å²) in [6.07, 6.45) is 1.34. The Morgan fingerprint density at radius 3 is 2.72 bits per heavy atom. The molecule has 0 aliphatic carbocycles. The van der Waals surface area contributed by atoms with Gasteiger partial charge in [0.2, 0.25) is 0 Å². The van der Waals surface area contributed by atoms with Crippen molar-refractivity contribution in [2.45, 2.75) is 32.0 Å². The molecule has 2 N–H and O–H groups in total. The molecule has 3 atom stereocenters. The largest absolute Gasteiger partial charge is 0.392 e. The average molecular weight is 249 g/mol. The molecule has 3 nitrogen and oxygen atoms in total. The van der Waals surface area contributed by atoms with Gasteiger partial charge in [-0.3, -0.25) is 0 Å². The Kier molecular flexibility index (Phi) is 4.75. The standard InChI is InChI=1S/C15H23NO2/c1-12(10-16-9-5-8-14(17)11-16)15(18)13-6-3-2-4-7-13/h2-4,6-7,12,14-15,17-18H,5,8-11H2,1H3. The lowest BCUT2D eigenvalue weighted by Gasteiger charge is -2.33. The number of rotatable bonds is 4. The number of nitrogens with zero attached hydrogens (tertiary/aromatic N) is 1. The molecule has 1 saturated heterocycles. The maximum Gasteiger partial charge on any atom is 0.0827 e. The first-order valence-corrected chi connectivity index (χ1v) is 6.80. The summed E-state index contributed by atoms with van der Waals surface area (Å²) in [4.78, 5) is 2.25. The van der Waals surface area contributed by atoms with Crippen molar-refractivity contribution in [1.82, 2.24) is 4.90 Å². The predicted octanol–water partition coefficient (Wildman–Crippen LogP) is 1.81. The summed E-state index contributed by atoms with van der Waals surface area (Å²) in [5.41, 5.74) is 0.975. The topological polar surface area (TPSA) is 43.7 Å². The normalized spacial score (nSPS) is 24.7. The van der Waals surface area contributed by atoms with Crippen LogP contribution in [0.15, 0.2) is 30.3 Å². The summed E-state index contributed by atoms with van der Waals surface area (Å²) in [6.45, 7) is 4.68. The summed E-state index contributed by atoms with van der Waals surface area (Å²) in [5.74, 6) is 0.178. The molecular weight excluding hydrogens is 226 g/mol. The molecule has 1 aromatic carbocycles. The van der Waals surface area contributed by atoms with Crippen molar-refractivity contribution in [2.24, 2.45) is 5.92 Å². The maximum atomic E-state index is 10.3. The summed E-state index contributed by atoms with van der Waals surface area (Å²) in [7, 11) is 0. The van der Waals surface area contributed by atoms with Crippen LogP contribution in [0.4, 0.5) is 0 Å². The predicted molar refractivity (Wildman–Crippen MR) is 72.2 cm³/mol. The summed E-state index contributed by atoms with van der Waals surface area (Å²) >= 11 is 0. The summed E-state index contributed by atoms with van der Waals surface area (Å²) in [5, 5.41) is 19.9. The molecule has 0 saturated carbocycles. The zero-order valence-corrected chi connectivity index (χ0v) is 11.0. The van der Waals surface area contributed by atoms with E-state index in [0.29, 0.717) is 0 Å². The van der Waals surface area contributed by atoms with Gasteiger partial charge < -0.3 is 15.1 Å². The second-order valence-electron chi connectivity index (χ2n) is 5.39. The highest BCUT2D eigenvalue weighted by Gasteiger charge is 2.23. The van der Waals surface area contributed by atoms with Crippen LogP contribution in [0.1, 0.15) is 31.4 Å². The highest BCUT2D eigenvalue weighted by atomic mass is 16.3. The van der Waals surface area contributed by atoms with Crippen LogP contribution >= 0.6 is 0 Å². The fourth-order valence-corrected chi connectivity index (χ4v) is 2.68. The monoisotopic (exact) mass is 249 g/mol. The molecule has 100 valence electrons. The zero-order chi connectivity index (χ0) is 13.0. The van der Waals surface area contributed by atoms with E-state index in [0.717, 1.165) is 38.0 Å². The first-order valence-electron chi connectivity index (χ1n) is 6.80. The average Bonchev–Trinajstić information content (AvgIpc) is 2.39. The van der Waals surface area contributed by atoms with Gasteiger partial charge in [-0.25, -0.2) is 0 Å².